The van der Waals surface area contributed by atoms with Crippen molar-refractivity contribution in [2.45, 2.75) is 42.3 Å². The lowest BCUT2D eigenvalue weighted by Crippen LogP contribution is -2.50. The van der Waals surface area contributed by atoms with E-state index in [2.05, 4.69) is 47.1 Å². The first-order valence-electron chi connectivity index (χ1n) is 9.79. The first kappa shape index (κ1) is 21.0. The summed E-state index contributed by atoms with van der Waals surface area (Å²) in [6.45, 7) is 4.06. The highest BCUT2D eigenvalue weighted by Gasteiger charge is 2.37. The van der Waals surface area contributed by atoms with Crippen molar-refractivity contribution < 1.29 is 13.0 Å². The van der Waals surface area contributed by atoms with Crippen LogP contribution in [0, 0.1) is 6.92 Å². The Kier molecular flexibility index (Phi) is 5.65. The fourth-order valence-electron chi connectivity index (χ4n) is 3.95. The van der Waals surface area contributed by atoms with E-state index in [9.17, 15) is 13.0 Å². The van der Waals surface area contributed by atoms with Gasteiger partial charge in [0.05, 0.1) is 23.2 Å². The second kappa shape index (κ2) is 8.09. The zero-order valence-electron chi connectivity index (χ0n) is 17.2. The van der Waals surface area contributed by atoms with E-state index in [1.165, 1.54) is 0 Å². The highest BCUT2D eigenvalue weighted by atomic mass is 32.2. The van der Waals surface area contributed by atoms with Gasteiger partial charge in [-0.15, -0.1) is 0 Å². The minimum atomic E-state index is -4.11. The van der Waals surface area contributed by atoms with Gasteiger partial charge in [0.1, 0.15) is 6.17 Å². The largest absolute Gasteiger partial charge is 0.355 e. The van der Waals surface area contributed by atoms with E-state index in [0.717, 1.165) is 32.4 Å². The number of aryl methyl sites for hydroxylation is 1. The maximum atomic E-state index is 11.7. The number of anilines is 2. The molecule has 2 aliphatic rings. The van der Waals surface area contributed by atoms with Gasteiger partial charge in [0.2, 0.25) is 0 Å². The third kappa shape index (κ3) is 4.12. The SMILES string of the molecule is CC1=CC=NC(C(CCS(=O)(=O)O)N2c3ccccc3Sc3ccc(C)cc32)N1C. The molecule has 8 heteroatoms. The van der Waals surface area contributed by atoms with Crippen LogP contribution in [0.3, 0.4) is 0 Å². The molecule has 0 fully saturated rings. The summed E-state index contributed by atoms with van der Waals surface area (Å²) >= 11 is 1.71. The van der Waals surface area contributed by atoms with Crippen LogP contribution in [0.25, 0.3) is 0 Å². The lowest BCUT2D eigenvalue weighted by atomic mass is 10.0. The van der Waals surface area contributed by atoms with Crippen molar-refractivity contribution in [2.24, 2.45) is 4.99 Å². The van der Waals surface area contributed by atoms with Crippen LogP contribution in [0.5, 0.6) is 0 Å². The van der Waals surface area contributed by atoms with Gasteiger partial charge in [-0.1, -0.05) is 30.0 Å². The van der Waals surface area contributed by atoms with E-state index in [1.54, 1.807) is 18.0 Å². The van der Waals surface area contributed by atoms with Crippen molar-refractivity contribution in [1.82, 2.24) is 4.90 Å². The molecule has 0 radical (unpaired) electrons. The van der Waals surface area contributed by atoms with Crippen molar-refractivity contribution in [2.75, 3.05) is 17.7 Å². The Balaban J connectivity index is 1.86. The van der Waals surface area contributed by atoms with Crippen LogP contribution < -0.4 is 4.90 Å². The second-order valence-electron chi connectivity index (χ2n) is 7.68. The monoisotopic (exact) mass is 443 g/mol. The number of likely N-dealkylation sites (N-methyl/N-ethyl adjacent to an activating group) is 1. The molecule has 2 unspecified atom stereocenters. The molecule has 2 aliphatic heterocycles. The number of nitrogens with zero attached hydrogens (tertiary/aromatic N) is 3. The van der Waals surface area contributed by atoms with Crippen LogP contribution in [0.2, 0.25) is 0 Å². The average Bonchev–Trinajstić information content (AvgIpc) is 2.69. The molecule has 2 aromatic carbocycles. The number of hydrogen-bond acceptors (Lipinski definition) is 6. The molecule has 0 saturated heterocycles. The van der Waals surface area contributed by atoms with Crippen LogP contribution in [0.4, 0.5) is 11.4 Å². The highest BCUT2D eigenvalue weighted by molar-refractivity contribution is 7.99. The quantitative estimate of drug-likeness (QED) is 0.687. The number of fused-ring (bicyclic) bond motifs is 2. The molecular formula is C22H25N3O3S2. The third-order valence-electron chi connectivity index (χ3n) is 5.57. The molecule has 2 aromatic rings. The first-order chi connectivity index (χ1) is 14.2. The van der Waals surface area contributed by atoms with Gasteiger partial charge in [0.15, 0.2) is 0 Å². The maximum Gasteiger partial charge on any atom is 0.264 e. The number of allylic oxidation sites excluding steroid dienone is 2. The molecule has 0 spiro atoms. The molecule has 0 aliphatic carbocycles. The Hall–Kier alpha value is -2.29. The summed E-state index contributed by atoms with van der Waals surface area (Å²) in [6.07, 6.45) is 3.67. The molecule has 158 valence electrons. The van der Waals surface area contributed by atoms with Crippen LogP contribution in [0.1, 0.15) is 18.9 Å². The van der Waals surface area contributed by atoms with E-state index in [1.807, 2.05) is 32.2 Å². The van der Waals surface area contributed by atoms with Crippen molar-refractivity contribution in [1.29, 1.82) is 0 Å². The van der Waals surface area contributed by atoms with Gasteiger partial charge in [-0.05, 0) is 56.2 Å². The van der Waals surface area contributed by atoms with E-state index in [4.69, 9.17) is 4.99 Å². The fraction of sp³-hybridized carbons (Fsp3) is 0.318. The summed E-state index contributed by atoms with van der Waals surface area (Å²) in [5.74, 6) is -0.326. The van der Waals surface area contributed by atoms with Crippen molar-refractivity contribution in [3.05, 3.63) is 59.8 Å². The summed E-state index contributed by atoms with van der Waals surface area (Å²) in [6, 6.07) is 14.2. The summed E-state index contributed by atoms with van der Waals surface area (Å²) in [5.41, 5.74) is 4.24. The van der Waals surface area contributed by atoms with Crippen LogP contribution >= 0.6 is 11.8 Å². The molecule has 0 bridgehead atoms. The first-order valence-corrected chi connectivity index (χ1v) is 12.2. The van der Waals surface area contributed by atoms with E-state index in [-0.39, 0.29) is 24.4 Å². The zero-order valence-corrected chi connectivity index (χ0v) is 18.8. The molecule has 0 aromatic heterocycles. The molecule has 30 heavy (non-hydrogen) atoms. The Morgan fingerprint density at radius 2 is 1.87 bits per heavy atom. The molecule has 2 heterocycles. The summed E-state index contributed by atoms with van der Waals surface area (Å²) in [5, 5.41) is 0. The number of benzene rings is 2. The molecule has 1 N–H and O–H groups in total. The number of aliphatic imine (C=N–C) groups is 1. The minimum absolute atomic E-state index is 0.241. The average molecular weight is 444 g/mol. The van der Waals surface area contributed by atoms with Gasteiger partial charge < -0.3 is 9.80 Å². The Morgan fingerprint density at radius 3 is 2.63 bits per heavy atom. The third-order valence-corrected chi connectivity index (χ3v) is 7.46. The zero-order chi connectivity index (χ0) is 21.5. The van der Waals surface area contributed by atoms with Crippen molar-refractivity contribution in [3.63, 3.8) is 0 Å². The summed E-state index contributed by atoms with van der Waals surface area (Å²) in [7, 11) is -2.14. The molecule has 0 amide bonds. The van der Waals surface area contributed by atoms with Gasteiger partial charge in [-0.2, -0.15) is 8.42 Å². The molecular weight excluding hydrogens is 418 g/mol. The van der Waals surface area contributed by atoms with Crippen molar-refractivity contribution in [3.8, 4) is 0 Å². The van der Waals surface area contributed by atoms with Crippen molar-refractivity contribution >= 4 is 39.5 Å². The second-order valence-corrected chi connectivity index (χ2v) is 10.3. The Bertz CT molecular complexity index is 1130. The Labute approximate surface area is 182 Å². The predicted octanol–water partition coefficient (Wildman–Crippen LogP) is 4.49. The lowest BCUT2D eigenvalue weighted by molar-refractivity contribution is 0.261. The number of hydrogen-bond donors (Lipinski definition) is 1. The minimum Gasteiger partial charge on any atom is -0.355 e. The molecule has 2 atom stereocenters. The molecule has 4 rings (SSSR count). The van der Waals surface area contributed by atoms with Crippen LogP contribution in [-0.2, 0) is 10.1 Å². The smallest absolute Gasteiger partial charge is 0.264 e. The van der Waals surface area contributed by atoms with E-state index in [0.29, 0.717) is 0 Å². The van der Waals surface area contributed by atoms with Crippen LogP contribution in [0.15, 0.2) is 69.0 Å². The van der Waals surface area contributed by atoms with Gasteiger partial charge in [0.25, 0.3) is 10.1 Å². The number of rotatable bonds is 5. The van der Waals surface area contributed by atoms with E-state index >= 15 is 0 Å². The predicted molar refractivity (Wildman–Crippen MR) is 123 cm³/mol. The summed E-state index contributed by atoms with van der Waals surface area (Å²) < 4.78 is 32.8. The Morgan fingerprint density at radius 1 is 1.13 bits per heavy atom. The normalized spacial score (nSPS) is 19.2. The number of para-hydroxylation sites is 1. The van der Waals surface area contributed by atoms with E-state index < -0.39 is 10.1 Å². The molecule has 6 nitrogen and oxygen atoms in total. The van der Waals surface area contributed by atoms with Crippen LogP contribution in [-0.4, -0.2) is 49.1 Å². The standard InChI is InChI=1S/C22H25N3O3S2/c1-15-8-9-21-19(14-15)25(17-6-4-5-7-20(17)29-21)18(11-13-30(26,27)28)22-23-12-10-16(2)24(22)3/h4-10,12,14,18,22H,11,13H2,1-3H3,(H,26,27,28). The fourth-order valence-corrected chi connectivity index (χ4v) is 5.55. The summed E-state index contributed by atoms with van der Waals surface area (Å²) in [4.78, 5) is 11.2. The van der Waals surface area contributed by atoms with Gasteiger partial charge in [-0.25, -0.2) is 0 Å². The molecule has 0 saturated carbocycles. The lowest BCUT2D eigenvalue weighted by Gasteiger charge is -2.44. The van der Waals surface area contributed by atoms with Gasteiger partial charge >= 0.3 is 0 Å². The highest BCUT2D eigenvalue weighted by Crippen LogP contribution is 2.50. The van der Waals surface area contributed by atoms with Gasteiger partial charge in [-0.3, -0.25) is 9.55 Å². The van der Waals surface area contributed by atoms with Gasteiger partial charge in [0, 0.05) is 28.8 Å². The topological polar surface area (TPSA) is 73.2 Å². The maximum absolute atomic E-state index is 11.7.